The van der Waals surface area contributed by atoms with Gasteiger partial charge in [0.2, 0.25) is 0 Å². The number of aliphatic hydroxyl groups is 1. The highest BCUT2D eigenvalue weighted by atomic mass is 79.9. The molecule has 1 unspecified atom stereocenters. The Morgan fingerprint density at radius 3 is 2.54 bits per heavy atom. The van der Waals surface area contributed by atoms with Gasteiger partial charge in [0.25, 0.3) is 5.56 Å². The van der Waals surface area contributed by atoms with Gasteiger partial charge < -0.3 is 19.7 Å². The lowest BCUT2D eigenvalue weighted by molar-refractivity contribution is -0.137. The minimum absolute atomic E-state index is 0.0891. The van der Waals surface area contributed by atoms with Crippen molar-refractivity contribution in [1.29, 1.82) is 0 Å². The van der Waals surface area contributed by atoms with Crippen LogP contribution in [0.5, 0.6) is 0 Å². The van der Waals surface area contributed by atoms with E-state index in [9.17, 15) is 24.0 Å². The zero-order valence-corrected chi connectivity index (χ0v) is 18.5. The number of rotatable bonds is 3. The topological polar surface area (TPSA) is 112 Å². The van der Waals surface area contributed by atoms with E-state index < -0.39 is 26.8 Å². The molecule has 1 amide bonds. The Morgan fingerprint density at radius 1 is 1.32 bits per heavy atom. The fourth-order valence-corrected chi connectivity index (χ4v) is 5.70. The van der Waals surface area contributed by atoms with Gasteiger partial charge in [0.1, 0.15) is 0 Å². The lowest BCUT2D eigenvalue weighted by Crippen LogP contribution is -2.62. The summed E-state index contributed by atoms with van der Waals surface area (Å²) >= 11 is 3.37. The zero-order chi connectivity index (χ0) is 20.7. The van der Waals surface area contributed by atoms with Gasteiger partial charge in [-0.1, -0.05) is 12.8 Å². The van der Waals surface area contributed by atoms with Crippen molar-refractivity contribution >= 4 is 37.4 Å². The van der Waals surface area contributed by atoms with E-state index in [0.717, 1.165) is 25.7 Å². The van der Waals surface area contributed by atoms with E-state index in [-0.39, 0.29) is 31.6 Å². The average Bonchev–Trinajstić information content (AvgIpc) is 3.04. The molecule has 0 bridgehead atoms. The number of piperidine rings is 1. The third-order valence-electron chi connectivity index (χ3n) is 5.91. The first-order valence-corrected chi connectivity index (χ1v) is 12.3. The molecule has 2 N–H and O–H groups in total. The Kier molecular flexibility index (Phi) is 5.68. The van der Waals surface area contributed by atoms with E-state index in [2.05, 4.69) is 20.3 Å². The SMILES string of the molecule is CS(C)(=O)=Nc1cc(=O)n(CC2(O)CCN(C(=O)O)CC23CCCC3)cc1Br. The predicted octanol–water partition coefficient (Wildman–Crippen LogP) is 2.65. The van der Waals surface area contributed by atoms with Gasteiger partial charge in [0, 0.05) is 53.0 Å². The molecule has 1 aromatic rings. The number of pyridine rings is 1. The molecule has 1 spiro atoms. The summed E-state index contributed by atoms with van der Waals surface area (Å²) < 4.78 is 18.0. The third-order valence-corrected chi connectivity index (χ3v) is 7.16. The molecule has 10 heteroatoms. The number of hydrogen-bond donors (Lipinski definition) is 2. The molecule has 2 heterocycles. The van der Waals surface area contributed by atoms with Crippen LogP contribution >= 0.6 is 15.9 Å². The van der Waals surface area contributed by atoms with Crippen LogP contribution in [0, 0.1) is 5.41 Å². The van der Waals surface area contributed by atoms with Gasteiger partial charge in [-0.25, -0.2) is 9.00 Å². The maximum absolute atomic E-state index is 12.6. The van der Waals surface area contributed by atoms with E-state index in [1.54, 1.807) is 6.20 Å². The Morgan fingerprint density at radius 2 is 1.96 bits per heavy atom. The van der Waals surface area contributed by atoms with Crippen LogP contribution in [0.4, 0.5) is 10.5 Å². The molecule has 8 nitrogen and oxygen atoms in total. The zero-order valence-electron chi connectivity index (χ0n) is 16.1. The summed E-state index contributed by atoms with van der Waals surface area (Å²) in [7, 11) is -2.41. The summed E-state index contributed by atoms with van der Waals surface area (Å²) in [4.78, 5) is 25.5. The van der Waals surface area contributed by atoms with Gasteiger partial charge in [-0.2, -0.15) is 4.36 Å². The normalized spacial score (nSPS) is 24.5. The Balaban J connectivity index is 1.96. The van der Waals surface area contributed by atoms with Crippen LogP contribution in [0.1, 0.15) is 32.1 Å². The van der Waals surface area contributed by atoms with Crippen LogP contribution in [-0.4, -0.2) is 61.2 Å². The maximum Gasteiger partial charge on any atom is 0.407 e. The third kappa shape index (κ3) is 4.13. The summed E-state index contributed by atoms with van der Waals surface area (Å²) in [5.41, 5.74) is -1.73. The summed E-state index contributed by atoms with van der Waals surface area (Å²) in [5.74, 6) is 0. The van der Waals surface area contributed by atoms with E-state index in [0.29, 0.717) is 10.2 Å². The second-order valence-corrected chi connectivity index (χ2v) is 11.6. The lowest BCUT2D eigenvalue weighted by atomic mass is 9.66. The van der Waals surface area contributed by atoms with Crippen LogP contribution < -0.4 is 5.56 Å². The number of halogens is 1. The van der Waals surface area contributed by atoms with E-state index in [1.165, 1.54) is 28.0 Å². The van der Waals surface area contributed by atoms with E-state index in [1.807, 2.05) is 0 Å². The van der Waals surface area contributed by atoms with Crippen LogP contribution in [0.15, 0.2) is 25.9 Å². The highest BCUT2D eigenvalue weighted by Gasteiger charge is 2.55. The number of nitrogens with zero attached hydrogens (tertiary/aromatic N) is 3. The predicted molar refractivity (Wildman–Crippen MR) is 111 cm³/mol. The Hall–Kier alpha value is -1.39. The van der Waals surface area contributed by atoms with Crippen molar-refractivity contribution < 1.29 is 19.2 Å². The summed E-state index contributed by atoms with van der Waals surface area (Å²) in [6.07, 6.45) is 7.23. The number of carboxylic acid groups (broad SMARTS) is 1. The van der Waals surface area contributed by atoms with Gasteiger partial charge in [0.15, 0.2) is 0 Å². The molecule has 1 saturated carbocycles. The van der Waals surface area contributed by atoms with Crippen LogP contribution in [0.25, 0.3) is 0 Å². The lowest BCUT2D eigenvalue weighted by Gasteiger charge is -2.51. The second kappa shape index (κ2) is 7.46. The fraction of sp³-hybridized carbons (Fsp3) is 0.667. The van der Waals surface area contributed by atoms with Crippen LogP contribution in [-0.2, 0) is 16.3 Å². The Labute approximate surface area is 172 Å². The van der Waals surface area contributed by atoms with Crippen molar-refractivity contribution in [3.63, 3.8) is 0 Å². The number of amides is 1. The fourth-order valence-electron chi connectivity index (χ4n) is 4.51. The first-order chi connectivity index (χ1) is 12.9. The van der Waals surface area contributed by atoms with Crippen molar-refractivity contribution in [3.8, 4) is 0 Å². The number of aromatic nitrogens is 1. The van der Waals surface area contributed by atoms with Gasteiger partial charge in [-0.15, -0.1) is 0 Å². The average molecular weight is 476 g/mol. The molecule has 1 atom stereocenters. The van der Waals surface area contributed by atoms with Gasteiger partial charge in [-0.05, 0) is 35.2 Å². The smallest absolute Gasteiger partial charge is 0.407 e. The summed E-state index contributed by atoms with van der Waals surface area (Å²) in [5, 5.41) is 21.0. The highest BCUT2D eigenvalue weighted by Crippen LogP contribution is 2.51. The quantitative estimate of drug-likeness (QED) is 0.697. The molecule has 0 radical (unpaired) electrons. The van der Waals surface area contributed by atoms with Gasteiger partial charge in [-0.3, -0.25) is 4.79 Å². The largest absolute Gasteiger partial charge is 0.465 e. The molecule has 1 saturated heterocycles. The van der Waals surface area contributed by atoms with Crippen molar-refractivity contribution in [1.82, 2.24) is 9.47 Å². The Bertz CT molecular complexity index is 954. The molecular formula is C18H26BrN3O5S. The molecular weight excluding hydrogens is 450 g/mol. The van der Waals surface area contributed by atoms with E-state index in [4.69, 9.17) is 0 Å². The molecule has 156 valence electrons. The van der Waals surface area contributed by atoms with Crippen molar-refractivity contribution in [3.05, 3.63) is 27.1 Å². The van der Waals surface area contributed by atoms with Crippen molar-refractivity contribution in [2.45, 2.75) is 44.2 Å². The van der Waals surface area contributed by atoms with Gasteiger partial charge >= 0.3 is 6.09 Å². The molecule has 1 aliphatic carbocycles. The van der Waals surface area contributed by atoms with Crippen LogP contribution in [0.2, 0.25) is 0 Å². The molecule has 1 aliphatic heterocycles. The monoisotopic (exact) mass is 475 g/mol. The first kappa shape index (κ1) is 21.3. The van der Waals surface area contributed by atoms with Crippen molar-refractivity contribution in [2.24, 2.45) is 9.78 Å². The number of hydrogen-bond acceptors (Lipinski definition) is 5. The molecule has 0 aromatic carbocycles. The molecule has 3 rings (SSSR count). The number of likely N-dealkylation sites (tertiary alicyclic amines) is 1. The molecule has 2 aliphatic rings. The standard InChI is InChI=1S/C18H26BrN3O5S/c1-28(2,27)20-14-9-15(23)22(10-13(14)19)12-18(26)7-8-21(16(24)25)11-17(18)5-3-4-6-17/h9-10,26H,3-8,11-12H2,1-2H3,(H,24,25). The molecule has 1 aromatic heterocycles. The minimum atomic E-state index is -2.41. The second-order valence-electron chi connectivity index (χ2n) is 8.22. The number of carbonyl (C=O) groups is 1. The maximum atomic E-state index is 12.6. The van der Waals surface area contributed by atoms with Crippen LogP contribution in [0.3, 0.4) is 0 Å². The first-order valence-electron chi connectivity index (χ1n) is 9.22. The van der Waals surface area contributed by atoms with Crippen molar-refractivity contribution in [2.75, 3.05) is 25.6 Å². The molecule has 2 fully saturated rings. The molecule has 28 heavy (non-hydrogen) atoms. The summed E-state index contributed by atoms with van der Waals surface area (Å²) in [6, 6.07) is 1.31. The minimum Gasteiger partial charge on any atom is -0.465 e. The summed E-state index contributed by atoms with van der Waals surface area (Å²) in [6.45, 7) is 0.617. The highest BCUT2D eigenvalue weighted by molar-refractivity contribution is 9.10. The van der Waals surface area contributed by atoms with E-state index >= 15 is 0 Å². The van der Waals surface area contributed by atoms with Gasteiger partial charge in [0.05, 0.1) is 22.3 Å².